The van der Waals surface area contributed by atoms with Crippen LogP contribution in [0.5, 0.6) is 0 Å². The smallest absolute Gasteiger partial charge is 0.326 e. The van der Waals surface area contributed by atoms with Crippen molar-refractivity contribution in [1.82, 2.24) is 4.98 Å². The fraction of sp³-hybridized carbons (Fsp3) is 0.214. The summed E-state index contributed by atoms with van der Waals surface area (Å²) in [5.74, 6) is -1.12. The lowest BCUT2D eigenvalue weighted by Crippen LogP contribution is -2.22. The molecule has 0 aliphatic rings. The van der Waals surface area contributed by atoms with Gasteiger partial charge in [0.1, 0.15) is 6.04 Å². The third-order valence-electron chi connectivity index (χ3n) is 2.84. The van der Waals surface area contributed by atoms with Gasteiger partial charge < -0.3 is 15.7 Å². The van der Waals surface area contributed by atoms with Crippen LogP contribution < -0.4 is 10.6 Å². The summed E-state index contributed by atoms with van der Waals surface area (Å²) >= 11 is 1.31. The number of aromatic nitrogens is 1. The van der Waals surface area contributed by atoms with Crippen LogP contribution in [0.4, 0.5) is 10.8 Å². The van der Waals surface area contributed by atoms with E-state index in [4.69, 9.17) is 16.1 Å². The Bertz CT molecular complexity index is 650. The predicted octanol–water partition coefficient (Wildman–Crippen LogP) is 2.28. The highest BCUT2D eigenvalue weighted by Gasteiger charge is 2.20. The van der Waals surface area contributed by atoms with Crippen LogP contribution in [0.1, 0.15) is 18.2 Å². The lowest BCUT2D eigenvalue weighted by Gasteiger charge is -2.20. The third kappa shape index (κ3) is 3.56. The standard InChI is InChI=1S/C14H14N4O2S/c15-7-4-8-18(10-5-2-1-3-6-10)14-17-11(9-21-14)12(16)13(19)20/h1-3,5-6,9,12H,4,8,16H2,(H,19,20). The van der Waals surface area contributed by atoms with E-state index in [1.807, 2.05) is 35.2 Å². The molecule has 0 spiro atoms. The molecule has 0 amide bonds. The number of nitrogens with two attached hydrogens (primary N) is 1. The Morgan fingerprint density at radius 1 is 1.48 bits per heavy atom. The summed E-state index contributed by atoms with van der Waals surface area (Å²) in [6.45, 7) is 0.482. The molecular formula is C14H14N4O2S. The first kappa shape index (κ1) is 15.0. The van der Waals surface area contributed by atoms with E-state index in [1.54, 1.807) is 5.38 Å². The number of benzene rings is 1. The lowest BCUT2D eigenvalue weighted by atomic mass is 10.2. The van der Waals surface area contributed by atoms with Gasteiger partial charge in [0.05, 0.1) is 18.2 Å². The maximum Gasteiger partial charge on any atom is 0.326 e. The summed E-state index contributed by atoms with van der Waals surface area (Å²) in [6.07, 6.45) is 0.342. The molecule has 0 aliphatic heterocycles. The van der Waals surface area contributed by atoms with Crippen molar-refractivity contribution in [2.45, 2.75) is 12.5 Å². The Balaban J connectivity index is 2.30. The van der Waals surface area contributed by atoms with E-state index in [9.17, 15) is 4.79 Å². The molecule has 1 aromatic heterocycles. The van der Waals surface area contributed by atoms with Gasteiger partial charge in [-0.2, -0.15) is 5.26 Å². The number of carboxylic acids is 1. The zero-order valence-electron chi connectivity index (χ0n) is 11.1. The van der Waals surface area contributed by atoms with Crippen molar-refractivity contribution >= 4 is 28.1 Å². The number of para-hydroxylation sites is 1. The first-order valence-corrected chi connectivity index (χ1v) is 7.15. The number of hydrogen-bond donors (Lipinski definition) is 2. The molecule has 0 fully saturated rings. The largest absolute Gasteiger partial charge is 0.480 e. The molecule has 0 saturated heterocycles. The molecule has 6 nitrogen and oxygen atoms in total. The topological polar surface area (TPSA) is 103 Å². The second-order valence-corrected chi connectivity index (χ2v) is 5.10. The molecule has 21 heavy (non-hydrogen) atoms. The van der Waals surface area contributed by atoms with Crippen LogP contribution in [0, 0.1) is 11.3 Å². The molecule has 1 atom stereocenters. The van der Waals surface area contributed by atoms with Crippen LogP contribution in [0.2, 0.25) is 0 Å². The van der Waals surface area contributed by atoms with Gasteiger partial charge >= 0.3 is 5.97 Å². The van der Waals surface area contributed by atoms with E-state index < -0.39 is 12.0 Å². The van der Waals surface area contributed by atoms with Gasteiger partial charge in [-0.15, -0.1) is 11.3 Å². The molecule has 1 unspecified atom stereocenters. The third-order valence-corrected chi connectivity index (χ3v) is 3.72. The number of nitrogens with zero attached hydrogens (tertiary/aromatic N) is 3. The van der Waals surface area contributed by atoms with Gasteiger partial charge in [-0.25, -0.2) is 4.98 Å². The van der Waals surface area contributed by atoms with E-state index >= 15 is 0 Å². The maximum atomic E-state index is 10.9. The Kier molecular flexibility index (Phi) is 4.87. The summed E-state index contributed by atoms with van der Waals surface area (Å²) in [4.78, 5) is 17.1. The summed E-state index contributed by atoms with van der Waals surface area (Å²) < 4.78 is 0. The highest BCUT2D eigenvalue weighted by molar-refractivity contribution is 7.13. The van der Waals surface area contributed by atoms with Gasteiger partial charge in [0.2, 0.25) is 0 Å². The number of aliphatic carboxylic acids is 1. The molecule has 0 aliphatic carbocycles. The molecule has 2 rings (SSSR count). The minimum Gasteiger partial charge on any atom is -0.480 e. The fourth-order valence-corrected chi connectivity index (χ4v) is 2.68. The first-order chi connectivity index (χ1) is 10.1. The number of nitriles is 1. The highest BCUT2D eigenvalue weighted by Crippen LogP contribution is 2.30. The van der Waals surface area contributed by atoms with Crippen molar-refractivity contribution in [2.24, 2.45) is 5.73 Å². The molecule has 7 heteroatoms. The summed E-state index contributed by atoms with van der Waals surface area (Å²) in [5, 5.41) is 20.0. The molecule has 1 aromatic carbocycles. The van der Waals surface area contributed by atoms with Crippen LogP contribution in [-0.4, -0.2) is 22.6 Å². The first-order valence-electron chi connectivity index (χ1n) is 6.27. The summed E-state index contributed by atoms with van der Waals surface area (Å²) in [6, 6.07) is 10.5. The molecule has 0 bridgehead atoms. The normalized spacial score (nSPS) is 11.6. The Morgan fingerprint density at radius 2 is 2.19 bits per heavy atom. The van der Waals surface area contributed by atoms with Crippen LogP contribution >= 0.6 is 11.3 Å². The molecule has 2 aromatic rings. The quantitative estimate of drug-likeness (QED) is 0.848. The second kappa shape index (κ2) is 6.83. The molecule has 3 N–H and O–H groups in total. The fourth-order valence-electron chi connectivity index (χ4n) is 1.77. The zero-order valence-corrected chi connectivity index (χ0v) is 12.0. The highest BCUT2D eigenvalue weighted by atomic mass is 32.1. The van der Waals surface area contributed by atoms with E-state index in [-0.39, 0.29) is 0 Å². The minimum atomic E-state index is -1.14. The van der Waals surface area contributed by atoms with E-state index in [2.05, 4.69) is 11.1 Å². The minimum absolute atomic E-state index is 0.320. The van der Waals surface area contributed by atoms with Gasteiger partial charge in [-0.1, -0.05) is 18.2 Å². The van der Waals surface area contributed by atoms with Crippen LogP contribution in [0.25, 0.3) is 0 Å². The van der Waals surface area contributed by atoms with Crippen molar-refractivity contribution < 1.29 is 9.90 Å². The average Bonchev–Trinajstić information content (AvgIpc) is 2.97. The zero-order chi connectivity index (χ0) is 15.2. The molecule has 108 valence electrons. The van der Waals surface area contributed by atoms with E-state index in [0.717, 1.165) is 5.69 Å². The Labute approximate surface area is 126 Å². The average molecular weight is 302 g/mol. The Morgan fingerprint density at radius 3 is 2.81 bits per heavy atom. The molecule has 0 radical (unpaired) electrons. The van der Waals surface area contributed by atoms with Crippen molar-refractivity contribution in [2.75, 3.05) is 11.4 Å². The van der Waals surface area contributed by atoms with Crippen molar-refractivity contribution in [3.05, 3.63) is 41.4 Å². The number of anilines is 2. The number of hydrogen-bond acceptors (Lipinski definition) is 6. The van der Waals surface area contributed by atoms with Crippen LogP contribution in [0.15, 0.2) is 35.7 Å². The second-order valence-electron chi connectivity index (χ2n) is 4.27. The van der Waals surface area contributed by atoms with Gasteiger partial charge in [-0.3, -0.25) is 4.79 Å². The van der Waals surface area contributed by atoms with E-state index in [0.29, 0.717) is 23.8 Å². The maximum absolute atomic E-state index is 10.9. The van der Waals surface area contributed by atoms with Gasteiger partial charge in [0.25, 0.3) is 0 Å². The van der Waals surface area contributed by atoms with Crippen LogP contribution in [0.3, 0.4) is 0 Å². The number of thiazole rings is 1. The number of rotatable bonds is 6. The van der Waals surface area contributed by atoms with Gasteiger partial charge in [0, 0.05) is 17.6 Å². The van der Waals surface area contributed by atoms with Gasteiger partial charge in [0.15, 0.2) is 5.13 Å². The number of carboxylic acid groups (broad SMARTS) is 1. The van der Waals surface area contributed by atoms with E-state index in [1.165, 1.54) is 11.3 Å². The molecular weight excluding hydrogens is 288 g/mol. The Hall–Kier alpha value is -2.43. The van der Waals surface area contributed by atoms with Crippen LogP contribution in [-0.2, 0) is 4.79 Å². The van der Waals surface area contributed by atoms with Crippen molar-refractivity contribution in [3.63, 3.8) is 0 Å². The van der Waals surface area contributed by atoms with Gasteiger partial charge in [-0.05, 0) is 12.1 Å². The van der Waals surface area contributed by atoms with Crippen molar-refractivity contribution in [3.8, 4) is 6.07 Å². The van der Waals surface area contributed by atoms with Crippen molar-refractivity contribution in [1.29, 1.82) is 5.26 Å². The molecule has 1 heterocycles. The number of carbonyl (C=O) groups is 1. The SMILES string of the molecule is N#CCCN(c1ccccc1)c1nc(C(N)C(=O)O)cs1. The summed E-state index contributed by atoms with van der Waals surface area (Å²) in [7, 11) is 0. The lowest BCUT2D eigenvalue weighted by molar-refractivity contribution is -0.138. The monoisotopic (exact) mass is 302 g/mol. The summed E-state index contributed by atoms with van der Waals surface area (Å²) in [5.41, 5.74) is 6.78. The predicted molar refractivity (Wildman–Crippen MR) is 80.4 cm³/mol. The molecule has 0 saturated carbocycles.